The Bertz CT molecular complexity index is 1290. The average Bonchev–Trinajstić information content (AvgIpc) is 3.16. The quantitative estimate of drug-likeness (QED) is 0.322. The van der Waals surface area contributed by atoms with Gasteiger partial charge in [-0.25, -0.2) is 9.67 Å². The predicted octanol–water partition coefficient (Wildman–Crippen LogP) is 6.87. The maximum atomic E-state index is 12.9. The molecule has 0 radical (unpaired) electrons. The van der Waals surface area contributed by atoms with Crippen LogP contribution in [0.4, 0.5) is 5.69 Å². The molecule has 0 atom stereocenters. The number of hydrogen-bond donors (Lipinski definition) is 1. The Kier molecular flexibility index (Phi) is 6.14. The highest BCUT2D eigenvalue weighted by Crippen LogP contribution is 2.27. The number of rotatable bonds is 4. The lowest BCUT2D eigenvalue weighted by Crippen LogP contribution is -2.14. The summed E-state index contributed by atoms with van der Waals surface area (Å²) in [5.41, 5.74) is 4.28. The van der Waals surface area contributed by atoms with Crippen molar-refractivity contribution >= 4 is 50.7 Å². The van der Waals surface area contributed by atoms with Gasteiger partial charge in [0.15, 0.2) is 5.82 Å². The third kappa shape index (κ3) is 4.66. The van der Waals surface area contributed by atoms with Crippen LogP contribution in [-0.2, 0) is 0 Å². The summed E-state index contributed by atoms with van der Waals surface area (Å²) in [7, 11) is 0. The first-order chi connectivity index (χ1) is 14.8. The number of nitrogens with zero attached hydrogens (tertiary/aromatic N) is 3. The number of hydrogen-bond acceptors (Lipinski definition) is 3. The third-order valence-corrected chi connectivity index (χ3v) is 5.75. The number of aromatic nitrogens is 3. The van der Waals surface area contributed by atoms with Crippen LogP contribution in [0.1, 0.15) is 21.7 Å². The molecule has 0 bridgehead atoms. The van der Waals surface area contributed by atoms with Crippen LogP contribution >= 0.6 is 39.1 Å². The van der Waals surface area contributed by atoms with Crippen molar-refractivity contribution in [3.05, 3.63) is 92.1 Å². The van der Waals surface area contributed by atoms with Crippen LogP contribution < -0.4 is 5.32 Å². The zero-order valence-electron chi connectivity index (χ0n) is 16.7. The number of halogens is 3. The maximum Gasteiger partial charge on any atom is 0.295 e. The molecule has 156 valence electrons. The molecule has 0 aliphatic carbocycles. The number of nitrogens with one attached hydrogen (secondary N) is 1. The Labute approximate surface area is 198 Å². The fraction of sp³-hybridized carbons (Fsp3) is 0.0870. The minimum Gasteiger partial charge on any atom is -0.318 e. The number of carbonyl (C=O) groups excluding carboxylic acids is 1. The van der Waals surface area contributed by atoms with Gasteiger partial charge in [0.1, 0.15) is 0 Å². The summed E-state index contributed by atoms with van der Waals surface area (Å²) in [4.78, 5) is 17.5. The van der Waals surface area contributed by atoms with Crippen LogP contribution in [0.2, 0.25) is 10.0 Å². The van der Waals surface area contributed by atoms with Crippen LogP contribution in [0.5, 0.6) is 0 Å². The first kappa shape index (κ1) is 21.6. The lowest BCUT2D eigenvalue weighted by molar-refractivity contribution is 0.101. The van der Waals surface area contributed by atoms with Crippen LogP contribution in [0, 0.1) is 13.8 Å². The second-order valence-electron chi connectivity index (χ2n) is 7.05. The van der Waals surface area contributed by atoms with Gasteiger partial charge in [-0.05, 0) is 55.8 Å². The second-order valence-corrected chi connectivity index (χ2v) is 8.81. The van der Waals surface area contributed by atoms with Gasteiger partial charge >= 0.3 is 0 Å². The van der Waals surface area contributed by atoms with E-state index in [-0.39, 0.29) is 5.82 Å². The summed E-state index contributed by atoms with van der Waals surface area (Å²) in [5, 5.41) is 8.10. The first-order valence-corrected chi connectivity index (χ1v) is 10.9. The fourth-order valence-electron chi connectivity index (χ4n) is 3.17. The lowest BCUT2D eigenvalue weighted by atomic mass is 10.1. The van der Waals surface area contributed by atoms with Crippen LogP contribution in [0.25, 0.3) is 17.1 Å². The molecule has 1 N–H and O–H groups in total. The molecular formula is C23H17BrCl2N4O. The standard InChI is InChI=1S/C23H17BrCl2N4O/c1-13-3-10-20(14(2)11-13)30-22(15-4-6-16(24)7-5-15)28-21(29-30)23(31)27-19-9-8-17(25)12-18(19)26/h3-12H,1-2H3,(H,27,31). The zero-order valence-corrected chi connectivity index (χ0v) is 19.8. The Morgan fingerprint density at radius 3 is 2.42 bits per heavy atom. The summed E-state index contributed by atoms with van der Waals surface area (Å²) in [6, 6.07) is 18.6. The number of amides is 1. The van der Waals surface area contributed by atoms with E-state index in [0.29, 0.717) is 21.6 Å². The molecule has 0 aliphatic heterocycles. The lowest BCUT2D eigenvalue weighted by Gasteiger charge is -2.10. The van der Waals surface area contributed by atoms with Gasteiger partial charge in [0.05, 0.1) is 16.4 Å². The first-order valence-electron chi connectivity index (χ1n) is 9.39. The van der Waals surface area contributed by atoms with Crippen molar-refractivity contribution in [1.82, 2.24) is 14.8 Å². The molecule has 0 saturated heterocycles. The number of carbonyl (C=O) groups is 1. The predicted molar refractivity (Wildman–Crippen MR) is 128 cm³/mol. The Morgan fingerprint density at radius 1 is 1.00 bits per heavy atom. The summed E-state index contributed by atoms with van der Waals surface area (Å²) in [5.74, 6) is 0.127. The van der Waals surface area contributed by atoms with Gasteiger partial charge in [-0.2, -0.15) is 0 Å². The van der Waals surface area contributed by atoms with E-state index >= 15 is 0 Å². The van der Waals surface area contributed by atoms with Gasteiger partial charge in [0, 0.05) is 15.1 Å². The van der Waals surface area contributed by atoms with E-state index in [1.807, 2.05) is 50.2 Å². The molecule has 4 rings (SSSR count). The fourth-order valence-corrected chi connectivity index (χ4v) is 3.89. The van der Waals surface area contributed by atoms with E-state index in [0.717, 1.165) is 26.9 Å². The van der Waals surface area contributed by atoms with Gasteiger partial charge in [0.2, 0.25) is 5.82 Å². The summed E-state index contributed by atoms with van der Waals surface area (Å²) < 4.78 is 2.64. The second kappa shape index (κ2) is 8.83. The highest BCUT2D eigenvalue weighted by molar-refractivity contribution is 9.10. The third-order valence-electron chi connectivity index (χ3n) is 4.67. The van der Waals surface area contributed by atoms with Gasteiger partial charge in [-0.3, -0.25) is 4.79 Å². The van der Waals surface area contributed by atoms with Gasteiger partial charge in [-0.1, -0.05) is 69.0 Å². The maximum absolute atomic E-state index is 12.9. The number of benzene rings is 3. The summed E-state index contributed by atoms with van der Waals surface area (Å²) in [6.07, 6.45) is 0. The largest absolute Gasteiger partial charge is 0.318 e. The molecule has 1 amide bonds. The van der Waals surface area contributed by atoms with E-state index < -0.39 is 5.91 Å². The van der Waals surface area contributed by atoms with E-state index in [1.54, 1.807) is 22.9 Å². The van der Waals surface area contributed by atoms with Gasteiger partial charge < -0.3 is 5.32 Å². The molecule has 5 nitrogen and oxygen atoms in total. The normalized spacial score (nSPS) is 10.9. The van der Waals surface area contributed by atoms with E-state index in [9.17, 15) is 4.79 Å². The Hall–Kier alpha value is -2.67. The minimum atomic E-state index is -0.467. The molecule has 8 heteroatoms. The zero-order chi connectivity index (χ0) is 22.1. The van der Waals surface area contributed by atoms with E-state index in [4.69, 9.17) is 23.2 Å². The van der Waals surface area contributed by atoms with Crippen molar-refractivity contribution in [2.45, 2.75) is 13.8 Å². The van der Waals surface area contributed by atoms with Gasteiger partial charge in [-0.15, -0.1) is 5.10 Å². The number of anilines is 1. The smallest absolute Gasteiger partial charge is 0.295 e. The monoisotopic (exact) mass is 514 g/mol. The molecule has 3 aromatic carbocycles. The topological polar surface area (TPSA) is 59.8 Å². The van der Waals surface area contributed by atoms with Crippen molar-refractivity contribution in [3.8, 4) is 17.1 Å². The molecule has 0 spiro atoms. The van der Waals surface area contributed by atoms with Crippen molar-refractivity contribution < 1.29 is 4.79 Å². The Morgan fingerprint density at radius 2 is 1.74 bits per heavy atom. The van der Waals surface area contributed by atoms with E-state index in [2.05, 4.69) is 37.4 Å². The number of aryl methyl sites for hydroxylation is 2. The minimum absolute atomic E-state index is 0.0314. The molecule has 0 fully saturated rings. The molecule has 0 aliphatic rings. The van der Waals surface area contributed by atoms with Crippen LogP contribution in [0.3, 0.4) is 0 Å². The van der Waals surface area contributed by atoms with E-state index in [1.165, 1.54) is 0 Å². The van der Waals surface area contributed by atoms with Crippen molar-refractivity contribution in [1.29, 1.82) is 0 Å². The van der Waals surface area contributed by atoms with Crippen molar-refractivity contribution in [2.24, 2.45) is 0 Å². The molecule has 1 aromatic heterocycles. The molecule has 4 aromatic rings. The van der Waals surface area contributed by atoms with Crippen LogP contribution in [0.15, 0.2) is 65.1 Å². The average molecular weight is 516 g/mol. The van der Waals surface area contributed by atoms with Crippen LogP contribution in [-0.4, -0.2) is 20.7 Å². The molecule has 0 saturated carbocycles. The summed E-state index contributed by atoms with van der Waals surface area (Å²) >= 11 is 15.6. The molecule has 31 heavy (non-hydrogen) atoms. The van der Waals surface area contributed by atoms with Gasteiger partial charge in [0.25, 0.3) is 5.91 Å². The molecule has 0 unspecified atom stereocenters. The highest BCUT2D eigenvalue weighted by Gasteiger charge is 2.20. The summed E-state index contributed by atoms with van der Waals surface area (Å²) in [6.45, 7) is 4.03. The molecular weight excluding hydrogens is 499 g/mol. The Balaban J connectivity index is 1.79. The SMILES string of the molecule is Cc1ccc(-n2nc(C(=O)Nc3ccc(Cl)cc3Cl)nc2-c2ccc(Br)cc2)c(C)c1. The molecule has 1 heterocycles. The highest BCUT2D eigenvalue weighted by atomic mass is 79.9. The van der Waals surface area contributed by atoms with Crippen molar-refractivity contribution in [2.75, 3.05) is 5.32 Å². The van der Waals surface area contributed by atoms with Crippen molar-refractivity contribution in [3.63, 3.8) is 0 Å².